The largest absolute Gasteiger partial charge is 0.334 e. The van der Waals surface area contributed by atoms with Crippen LogP contribution in [0.1, 0.15) is 10.4 Å². The van der Waals surface area contributed by atoms with Crippen molar-refractivity contribution in [3.8, 4) is 22.8 Å². The Morgan fingerprint density at radius 2 is 1.63 bits per heavy atom. The molecule has 0 saturated heterocycles. The van der Waals surface area contributed by atoms with Gasteiger partial charge in [0.1, 0.15) is 0 Å². The molecule has 8 nitrogen and oxygen atoms in total. The fourth-order valence-electron chi connectivity index (χ4n) is 2.82. The van der Waals surface area contributed by atoms with Crippen LogP contribution < -0.4 is 5.32 Å². The van der Waals surface area contributed by atoms with Crippen LogP contribution in [0.3, 0.4) is 0 Å². The number of carbonyl (C=O) groups excluding carboxylic acids is 1. The quantitative estimate of drug-likeness (QED) is 0.350. The molecule has 0 saturated carbocycles. The van der Waals surface area contributed by atoms with Crippen molar-refractivity contribution in [2.24, 2.45) is 0 Å². The number of hydrogen-bond donors (Lipinski definition) is 1. The second-order valence-corrected chi connectivity index (χ2v) is 6.61. The summed E-state index contributed by atoms with van der Waals surface area (Å²) < 4.78 is 5.37. The SMILES string of the molecule is O=C(Nc1ccc([N+](=O)[O-])cc1)c1ccccc1-c1nc(-c2ccccc2Cl)no1. The predicted octanol–water partition coefficient (Wildman–Crippen LogP) is 5.22. The van der Waals surface area contributed by atoms with E-state index in [1.807, 2.05) is 6.07 Å². The zero-order valence-electron chi connectivity index (χ0n) is 15.3. The average molecular weight is 421 g/mol. The van der Waals surface area contributed by atoms with Crippen molar-refractivity contribution in [3.63, 3.8) is 0 Å². The Morgan fingerprint density at radius 3 is 2.33 bits per heavy atom. The van der Waals surface area contributed by atoms with Gasteiger partial charge < -0.3 is 9.84 Å². The van der Waals surface area contributed by atoms with Crippen molar-refractivity contribution in [1.82, 2.24) is 10.1 Å². The lowest BCUT2D eigenvalue weighted by Gasteiger charge is -2.07. The highest BCUT2D eigenvalue weighted by atomic mass is 35.5. The second kappa shape index (κ2) is 8.14. The molecule has 4 rings (SSSR count). The first-order chi connectivity index (χ1) is 14.5. The van der Waals surface area contributed by atoms with Gasteiger partial charge in [0.05, 0.1) is 21.1 Å². The molecule has 0 spiro atoms. The summed E-state index contributed by atoms with van der Waals surface area (Å²) in [6.07, 6.45) is 0. The molecule has 1 amide bonds. The molecular weight excluding hydrogens is 408 g/mol. The van der Waals surface area contributed by atoms with E-state index in [4.69, 9.17) is 16.1 Å². The first-order valence-corrected chi connectivity index (χ1v) is 9.14. The summed E-state index contributed by atoms with van der Waals surface area (Å²) in [5.74, 6) is 0.0532. The Bertz CT molecular complexity index is 1240. The highest BCUT2D eigenvalue weighted by Gasteiger charge is 2.19. The van der Waals surface area contributed by atoms with Crippen LogP contribution in [0, 0.1) is 10.1 Å². The van der Waals surface area contributed by atoms with Gasteiger partial charge in [0.25, 0.3) is 17.5 Å². The minimum absolute atomic E-state index is 0.0636. The minimum atomic E-state index is -0.507. The Kier molecular flexibility index (Phi) is 5.23. The van der Waals surface area contributed by atoms with Gasteiger partial charge in [-0.25, -0.2) is 0 Å². The Hall–Kier alpha value is -4.04. The summed E-state index contributed by atoms with van der Waals surface area (Å²) in [5.41, 5.74) is 1.73. The predicted molar refractivity (Wildman–Crippen MR) is 111 cm³/mol. The van der Waals surface area contributed by atoms with Gasteiger partial charge in [-0.15, -0.1) is 0 Å². The lowest BCUT2D eigenvalue weighted by Crippen LogP contribution is -2.13. The summed E-state index contributed by atoms with van der Waals surface area (Å²) in [5, 5.41) is 17.9. The number of aromatic nitrogens is 2. The number of amides is 1. The van der Waals surface area contributed by atoms with E-state index in [-0.39, 0.29) is 11.6 Å². The molecule has 148 valence electrons. The monoisotopic (exact) mass is 420 g/mol. The zero-order chi connectivity index (χ0) is 21.1. The summed E-state index contributed by atoms with van der Waals surface area (Å²) in [4.78, 5) is 27.4. The summed E-state index contributed by atoms with van der Waals surface area (Å²) >= 11 is 6.19. The van der Waals surface area contributed by atoms with Crippen molar-refractivity contribution in [3.05, 3.63) is 93.5 Å². The molecule has 0 unspecified atom stereocenters. The lowest BCUT2D eigenvalue weighted by molar-refractivity contribution is -0.384. The molecular formula is C21H13ClN4O4. The van der Waals surface area contributed by atoms with Gasteiger partial charge in [-0.3, -0.25) is 14.9 Å². The maximum Gasteiger partial charge on any atom is 0.269 e. The third kappa shape index (κ3) is 3.89. The Labute approximate surface area is 175 Å². The number of non-ortho nitro benzene ring substituents is 1. The number of nitrogens with zero attached hydrogens (tertiary/aromatic N) is 3. The van der Waals surface area contributed by atoms with Gasteiger partial charge >= 0.3 is 0 Å². The van der Waals surface area contributed by atoms with E-state index in [2.05, 4.69) is 15.5 Å². The number of benzene rings is 3. The fourth-order valence-corrected chi connectivity index (χ4v) is 3.04. The standard InChI is InChI=1S/C21H13ClN4O4/c22-18-8-4-3-7-17(18)19-24-21(30-25-19)16-6-2-1-5-15(16)20(27)23-13-9-11-14(12-10-13)26(28)29/h1-12H,(H,23,27). The van der Waals surface area contributed by atoms with Gasteiger partial charge in [-0.2, -0.15) is 4.98 Å². The number of nitro groups is 1. The molecule has 0 aliphatic rings. The lowest BCUT2D eigenvalue weighted by atomic mass is 10.1. The van der Waals surface area contributed by atoms with E-state index < -0.39 is 10.8 Å². The number of carbonyl (C=O) groups is 1. The molecule has 4 aromatic rings. The van der Waals surface area contributed by atoms with Gasteiger partial charge in [-0.1, -0.05) is 41.0 Å². The second-order valence-electron chi connectivity index (χ2n) is 6.21. The molecule has 1 N–H and O–H groups in total. The summed E-state index contributed by atoms with van der Waals surface area (Å²) in [6.45, 7) is 0. The average Bonchev–Trinajstić information content (AvgIpc) is 3.24. The number of nitro benzene ring substituents is 1. The molecule has 30 heavy (non-hydrogen) atoms. The summed E-state index contributed by atoms with van der Waals surface area (Å²) in [6, 6.07) is 19.4. The molecule has 0 atom stereocenters. The van der Waals surface area contributed by atoms with Crippen LogP contribution >= 0.6 is 11.6 Å². The van der Waals surface area contributed by atoms with Crippen molar-refractivity contribution in [2.75, 3.05) is 5.32 Å². The molecule has 1 heterocycles. The van der Waals surface area contributed by atoms with E-state index in [1.54, 1.807) is 42.5 Å². The van der Waals surface area contributed by atoms with Crippen LogP contribution in [-0.4, -0.2) is 21.0 Å². The van der Waals surface area contributed by atoms with Crippen molar-refractivity contribution < 1.29 is 14.2 Å². The molecule has 3 aromatic carbocycles. The van der Waals surface area contributed by atoms with Crippen molar-refractivity contribution in [1.29, 1.82) is 0 Å². The van der Waals surface area contributed by atoms with Crippen molar-refractivity contribution >= 4 is 28.9 Å². The third-order valence-electron chi connectivity index (χ3n) is 4.28. The maximum atomic E-state index is 12.8. The first-order valence-electron chi connectivity index (χ1n) is 8.77. The van der Waals surface area contributed by atoms with Crippen LogP contribution in [0.4, 0.5) is 11.4 Å². The number of halogens is 1. The number of rotatable bonds is 5. The van der Waals surface area contributed by atoms with E-state index in [0.717, 1.165) is 0 Å². The highest BCUT2D eigenvalue weighted by molar-refractivity contribution is 6.33. The topological polar surface area (TPSA) is 111 Å². The molecule has 0 bridgehead atoms. The Morgan fingerprint density at radius 1 is 0.967 bits per heavy atom. The maximum absolute atomic E-state index is 12.8. The van der Waals surface area contributed by atoms with Crippen LogP contribution in [0.5, 0.6) is 0 Å². The minimum Gasteiger partial charge on any atom is -0.334 e. The Balaban J connectivity index is 1.62. The smallest absolute Gasteiger partial charge is 0.269 e. The van der Waals surface area contributed by atoms with Gasteiger partial charge in [0.2, 0.25) is 5.82 Å². The van der Waals surface area contributed by atoms with Gasteiger partial charge in [-0.05, 0) is 36.4 Å². The normalized spacial score (nSPS) is 10.6. The third-order valence-corrected chi connectivity index (χ3v) is 4.61. The fraction of sp³-hybridized carbons (Fsp3) is 0. The summed E-state index contributed by atoms with van der Waals surface area (Å²) in [7, 11) is 0. The van der Waals surface area contributed by atoms with Crippen LogP contribution in [0.2, 0.25) is 5.02 Å². The number of nitrogens with one attached hydrogen (secondary N) is 1. The number of anilines is 1. The number of hydrogen-bond acceptors (Lipinski definition) is 6. The van der Waals surface area contributed by atoms with E-state index >= 15 is 0 Å². The van der Waals surface area contributed by atoms with E-state index in [9.17, 15) is 14.9 Å². The van der Waals surface area contributed by atoms with E-state index in [1.165, 1.54) is 24.3 Å². The molecule has 1 aromatic heterocycles. The molecule has 0 fully saturated rings. The molecule has 0 aliphatic heterocycles. The van der Waals surface area contributed by atoms with Crippen LogP contribution in [0.15, 0.2) is 77.3 Å². The van der Waals surface area contributed by atoms with Crippen LogP contribution in [0.25, 0.3) is 22.8 Å². The molecule has 0 aliphatic carbocycles. The van der Waals surface area contributed by atoms with Crippen LogP contribution in [-0.2, 0) is 0 Å². The molecule has 0 radical (unpaired) electrons. The first kappa shape index (κ1) is 19.3. The molecule has 9 heteroatoms. The van der Waals surface area contributed by atoms with E-state index in [0.29, 0.717) is 33.2 Å². The van der Waals surface area contributed by atoms with Gasteiger partial charge in [0, 0.05) is 23.4 Å². The zero-order valence-corrected chi connectivity index (χ0v) is 16.0. The highest BCUT2D eigenvalue weighted by Crippen LogP contribution is 2.29. The van der Waals surface area contributed by atoms with Gasteiger partial charge in [0.15, 0.2) is 0 Å². The van der Waals surface area contributed by atoms with Crippen molar-refractivity contribution in [2.45, 2.75) is 0 Å².